The summed E-state index contributed by atoms with van der Waals surface area (Å²) in [5, 5.41) is 4.51. The summed E-state index contributed by atoms with van der Waals surface area (Å²) in [6, 6.07) is 0. The average Bonchev–Trinajstić information content (AvgIpc) is 2.42. The van der Waals surface area contributed by atoms with Gasteiger partial charge in [0.2, 0.25) is 0 Å². The van der Waals surface area contributed by atoms with E-state index < -0.39 is 0 Å². The molecule has 0 saturated heterocycles. The number of aryl methyl sites for hydroxylation is 1. The fraction of sp³-hybridized carbons (Fsp3) is 0.727. The Labute approximate surface area is 90.8 Å². The van der Waals surface area contributed by atoms with Crippen molar-refractivity contribution in [2.45, 2.75) is 46.6 Å². The van der Waals surface area contributed by atoms with E-state index in [1.54, 1.807) is 0 Å². The Bertz CT molecular complexity index is 297. The number of hydrogen-bond donors (Lipinski definition) is 1. The maximum Gasteiger partial charge on any atom is 0.107 e. The summed E-state index contributed by atoms with van der Waals surface area (Å²) in [4.78, 5) is 5.98. The van der Waals surface area contributed by atoms with Crippen LogP contribution in [0.25, 0.3) is 0 Å². The number of nitrogens with zero attached hydrogens (tertiary/aromatic N) is 1. The maximum atomic E-state index is 4.57. The van der Waals surface area contributed by atoms with E-state index in [-0.39, 0.29) is 5.41 Å². The van der Waals surface area contributed by atoms with Crippen molar-refractivity contribution in [3.8, 4) is 0 Å². The van der Waals surface area contributed by atoms with Gasteiger partial charge in [0.05, 0.1) is 5.69 Å². The van der Waals surface area contributed by atoms with Crippen LogP contribution in [0.5, 0.6) is 0 Å². The van der Waals surface area contributed by atoms with Crippen LogP contribution >= 0.6 is 11.3 Å². The molecule has 0 bridgehead atoms. The lowest BCUT2D eigenvalue weighted by Crippen LogP contribution is -2.11. The first-order valence-electron chi connectivity index (χ1n) is 5.12. The molecule has 1 N–H and O–H groups in total. The van der Waals surface area contributed by atoms with Crippen molar-refractivity contribution >= 4 is 11.3 Å². The van der Waals surface area contributed by atoms with Crippen molar-refractivity contribution in [1.82, 2.24) is 10.3 Å². The molecule has 0 aliphatic carbocycles. The third-order valence-electron chi connectivity index (χ3n) is 2.05. The molecule has 1 rings (SSSR count). The molecule has 0 aromatic carbocycles. The molecule has 80 valence electrons. The molecular formula is C11H20N2S. The Balaban J connectivity index is 2.83. The highest BCUT2D eigenvalue weighted by molar-refractivity contribution is 7.11. The van der Waals surface area contributed by atoms with Gasteiger partial charge < -0.3 is 5.32 Å². The van der Waals surface area contributed by atoms with Crippen LogP contribution in [0.1, 0.15) is 43.3 Å². The standard InChI is InChI=1S/C11H20N2S/c1-6-12-7-9-13-8(2)10(14-9)11(3,4)5/h12H,6-7H2,1-5H3. The lowest BCUT2D eigenvalue weighted by molar-refractivity contribution is 0.598. The van der Waals surface area contributed by atoms with Crippen LogP contribution in [0, 0.1) is 6.92 Å². The second-order valence-corrected chi connectivity index (χ2v) is 5.64. The van der Waals surface area contributed by atoms with Gasteiger partial charge in [0.15, 0.2) is 0 Å². The maximum absolute atomic E-state index is 4.57. The molecule has 0 radical (unpaired) electrons. The minimum absolute atomic E-state index is 0.228. The first kappa shape index (κ1) is 11.7. The van der Waals surface area contributed by atoms with Crippen LogP contribution in [0.2, 0.25) is 0 Å². The molecule has 0 aliphatic rings. The van der Waals surface area contributed by atoms with Crippen molar-refractivity contribution in [2.24, 2.45) is 0 Å². The van der Waals surface area contributed by atoms with Gasteiger partial charge in [-0.05, 0) is 18.9 Å². The zero-order valence-corrected chi connectivity index (χ0v) is 10.6. The van der Waals surface area contributed by atoms with Crippen LogP contribution in [0.3, 0.4) is 0 Å². The largest absolute Gasteiger partial charge is 0.311 e. The molecule has 0 spiro atoms. The summed E-state index contributed by atoms with van der Waals surface area (Å²) >= 11 is 1.83. The summed E-state index contributed by atoms with van der Waals surface area (Å²) in [5.41, 5.74) is 1.42. The molecule has 0 saturated carbocycles. The molecule has 3 heteroatoms. The normalized spacial score (nSPS) is 12.1. The average molecular weight is 212 g/mol. The summed E-state index contributed by atoms with van der Waals surface area (Å²) in [7, 11) is 0. The van der Waals surface area contributed by atoms with Crippen LogP contribution in [0.4, 0.5) is 0 Å². The van der Waals surface area contributed by atoms with Crippen LogP contribution in [0.15, 0.2) is 0 Å². The smallest absolute Gasteiger partial charge is 0.107 e. The molecule has 1 aromatic rings. The monoisotopic (exact) mass is 212 g/mol. The van der Waals surface area contributed by atoms with E-state index >= 15 is 0 Å². The van der Waals surface area contributed by atoms with E-state index in [2.05, 4.69) is 44.9 Å². The van der Waals surface area contributed by atoms with Crippen LogP contribution in [-0.2, 0) is 12.0 Å². The van der Waals surface area contributed by atoms with Gasteiger partial charge in [-0.2, -0.15) is 0 Å². The molecule has 14 heavy (non-hydrogen) atoms. The van der Waals surface area contributed by atoms with E-state index in [1.807, 2.05) is 11.3 Å². The first-order chi connectivity index (χ1) is 6.45. The number of aromatic nitrogens is 1. The molecule has 0 amide bonds. The quantitative estimate of drug-likeness (QED) is 0.833. The van der Waals surface area contributed by atoms with Crippen molar-refractivity contribution < 1.29 is 0 Å². The van der Waals surface area contributed by atoms with Crippen molar-refractivity contribution in [2.75, 3.05) is 6.54 Å². The SMILES string of the molecule is CCNCc1nc(C)c(C(C)(C)C)s1. The Morgan fingerprint density at radius 3 is 2.43 bits per heavy atom. The second kappa shape index (κ2) is 4.41. The lowest BCUT2D eigenvalue weighted by Gasteiger charge is -2.16. The van der Waals surface area contributed by atoms with E-state index in [0.717, 1.165) is 13.1 Å². The minimum atomic E-state index is 0.228. The molecule has 0 atom stereocenters. The van der Waals surface area contributed by atoms with E-state index in [1.165, 1.54) is 15.6 Å². The van der Waals surface area contributed by atoms with Gasteiger partial charge in [-0.15, -0.1) is 11.3 Å². The van der Waals surface area contributed by atoms with Crippen molar-refractivity contribution in [1.29, 1.82) is 0 Å². The third kappa shape index (κ3) is 2.79. The fourth-order valence-corrected chi connectivity index (χ4v) is 2.55. The Morgan fingerprint density at radius 1 is 1.36 bits per heavy atom. The third-order valence-corrected chi connectivity index (χ3v) is 3.63. The molecule has 1 heterocycles. The zero-order chi connectivity index (χ0) is 10.8. The van der Waals surface area contributed by atoms with Crippen LogP contribution < -0.4 is 5.32 Å². The highest BCUT2D eigenvalue weighted by Gasteiger charge is 2.20. The highest BCUT2D eigenvalue weighted by atomic mass is 32.1. The van der Waals surface area contributed by atoms with Gasteiger partial charge in [0, 0.05) is 11.4 Å². The van der Waals surface area contributed by atoms with Crippen molar-refractivity contribution in [3.63, 3.8) is 0 Å². The number of nitrogens with one attached hydrogen (secondary N) is 1. The summed E-state index contributed by atoms with van der Waals surface area (Å²) in [6.07, 6.45) is 0. The number of thiazole rings is 1. The van der Waals surface area contributed by atoms with Gasteiger partial charge >= 0.3 is 0 Å². The second-order valence-electron chi connectivity index (χ2n) is 4.55. The Morgan fingerprint density at radius 2 is 2.00 bits per heavy atom. The number of rotatable bonds is 3. The molecule has 0 fully saturated rings. The fourth-order valence-electron chi connectivity index (χ4n) is 1.46. The van der Waals surface area contributed by atoms with Gasteiger partial charge in [0.25, 0.3) is 0 Å². The molecule has 0 unspecified atom stereocenters. The van der Waals surface area contributed by atoms with Gasteiger partial charge in [-0.3, -0.25) is 0 Å². The van der Waals surface area contributed by atoms with Crippen LogP contribution in [-0.4, -0.2) is 11.5 Å². The van der Waals surface area contributed by atoms with E-state index in [9.17, 15) is 0 Å². The predicted octanol–water partition coefficient (Wildman–Crippen LogP) is 2.86. The molecule has 1 aromatic heterocycles. The molecule has 0 aliphatic heterocycles. The molecule has 2 nitrogen and oxygen atoms in total. The Kier molecular flexibility index (Phi) is 3.67. The van der Waals surface area contributed by atoms with E-state index in [0.29, 0.717) is 0 Å². The lowest BCUT2D eigenvalue weighted by atomic mass is 9.94. The highest BCUT2D eigenvalue weighted by Crippen LogP contribution is 2.30. The molecular weight excluding hydrogens is 192 g/mol. The topological polar surface area (TPSA) is 24.9 Å². The zero-order valence-electron chi connectivity index (χ0n) is 9.77. The van der Waals surface area contributed by atoms with Gasteiger partial charge in [-0.25, -0.2) is 4.98 Å². The van der Waals surface area contributed by atoms with Gasteiger partial charge in [0.1, 0.15) is 5.01 Å². The Hall–Kier alpha value is -0.410. The summed E-state index contributed by atoms with van der Waals surface area (Å²) in [6.45, 7) is 12.8. The minimum Gasteiger partial charge on any atom is -0.311 e. The first-order valence-corrected chi connectivity index (χ1v) is 5.94. The predicted molar refractivity (Wildman–Crippen MR) is 62.9 cm³/mol. The van der Waals surface area contributed by atoms with E-state index in [4.69, 9.17) is 0 Å². The number of hydrogen-bond acceptors (Lipinski definition) is 3. The van der Waals surface area contributed by atoms with Crippen molar-refractivity contribution in [3.05, 3.63) is 15.6 Å². The van der Waals surface area contributed by atoms with Gasteiger partial charge in [-0.1, -0.05) is 27.7 Å². The summed E-state index contributed by atoms with van der Waals surface area (Å²) < 4.78 is 0. The summed E-state index contributed by atoms with van der Waals surface area (Å²) in [5.74, 6) is 0.